The second-order valence-corrected chi connectivity index (χ2v) is 2.38. The maximum Gasteiger partial charge on any atom is 0.0736 e. The van der Waals surface area contributed by atoms with Crippen LogP contribution in [0.3, 0.4) is 0 Å². The van der Waals surface area contributed by atoms with Gasteiger partial charge >= 0.3 is 0 Å². The number of carboxylic acids is 1. The van der Waals surface area contributed by atoms with E-state index in [2.05, 4.69) is 0 Å². The van der Waals surface area contributed by atoms with Crippen molar-refractivity contribution in [2.24, 2.45) is 0 Å². The Labute approximate surface area is 64.5 Å². The SMILES string of the molecule is Cc1ccc(N)c(C(=O)[O-])c1. The zero-order valence-corrected chi connectivity index (χ0v) is 6.13. The van der Waals surface area contributed by atoms with E-state index in [0.717, 1.165) is 5.56 Å². The summed E-state index contributed by atoms with van der Waals surface area (Å²) in [6, 6.07) is 4.80. The van der Waals surface area contributed by atoms with Crippen molar-refractivity contribution in [2.45, 2.75) is 6.92 Å². The smallest absolute Gasteiger partial charge is 0.0736 e. The third-order valence-corrected chi connectivity index (χ3v) is 1.43. The normalized spacial score (nSPS) is 9.55. The number of anilines is 1. The average Bonchev–Trinajstić information content (AvgIpc) is 1.94. The molecule has 0 fully saturated rings. The number of benzene rings is 1. The molecule has 1 aromatic carbocycles. The minimum Gasteiger partial charge on any atom is -0.545 e. The molecule has 2 N–H and O–H groups in total. The first-order valence-corrected chi connectivity index (χ1v) is 3.18. The first-order chi connectivity index (χ1) is 5.11. The third-order valence-electron chi connectivity index (χ3n) is 1.43. The van der Waals surface area contributed by atoms with E-state index in [1.54, 1.807) is 19.1 Å². The fraction of sp³-hybridized carbons (Fsp3) is 0.125. The summed E-state index contributed by atoms with van der Waals surface area (Å²) < 4.78 is 0. The molecule has 0 saturated carbocycles. The molecule has 0 unspecified atom stereocenters. The van der Waals surface area contributed by atoms with Crippen LogP contribution in [0.25, 0.3) is 0 Å². The fourth-order valence-corrected chi connectivity index (χ4v) is 0.847. The van der Waals surface area contributed by atoms with Crippen LogP contribution in [0.4, 0.5) is 5.69 Å². The lowest BCUT2D eigenvalue weighted by molar-refractivity contribution is -0.254. The number of nitrogen functional groups attached to an aromatic ring is 1. The number of rotatable bonds is 1. The molecular weight excluding hydrogens is 142 g/mol. The van der Waals surface area contributed by atoms with Gasteiger partial charge in [-0.15, -0.1) is 0 Å². The molecule has 0 aromatic heterocycles. The molecule has 0 amide bonds. The molecule has 3 nitrogen and oxygen atoms in total. The van der Waals surface area contributed by atoms with Crippen LogP contribution < -0.4 is 10.8 Å². The molecule has 0 aliphatic heterocycles. The topological polar surface area (TPSA) is 66.2 Å². The van der Waals surface area contributed by atoms with E-state index in [1.807, 2.05) is 0 Å². The summed E-state index contributed by atoms with van der Waals surface area (Å²) in [5.74, 6) is -1.23. The molecule has 11 heavy (non-hydrogen) atoms. The van der Waals surface area contributed by atoms with Gasteiger partial charge in [-0.3, -0.25) is 0 Å². The van der Waals surface area contributed by atoms with Crippen LogP contribution in [0, 0.1) is 6.92 Å². The summed E-state index contributed by atoms with van der Waals surface area (Å²) in [6.07, 6.45) is 0. The van der Waals surface area contributed by atoms with E-state index in [0.29, 0.717) is 0 Å². The van der Waals surface area contributed by atoms with Crippen LogP contribution in [-0.4, -0.2) is 5.97 Å². The highest BCUT2D eigenvalue weighted by Crippen LogP contribution is 2.11. The van der Waals surface area contributed by atoms with Gasteiger partial charge in [-0.25, -0.2) is 0 Å². The maximum atomic E-state index is 10.4. The minimum absolute atomic E-state index is 0.0602. The Kier molecular flexibility index (Phi) is 1.81. The zero-order valence-electron chi connectivity index (χ0n) is 6.13. The summed E-state index contributed by atoms with van der Waals surface area (Å²) in [6.45, 7) is 1.80. The van der Waals surface area contributed by atoms with Crippen LogP contribution >= 0.6 is 0 Å². The lowest BCUT2D eigenvalue weighted by Gasteiger charge is -2.06. The summed E-state index contributed by atoms with van der Waals surface area (Å²) in [4.78, 5) is 10.4. The van der Waals surface area contributed by atoms with E-state index < -0.39 is 5.97 Å². The molecule has 0 atom stereocenters. The Bertz CT molecular complexity index is 294. The van der Waals surface area contributed by atoms with Crippen molar-refractivity contribution in [2.75, 3.05) is 5.73 Å². The Balaban J connectivity index is 3.23. The Hall–Kier alpha value is -1.51. The van der Waals surface area contributed by atoms with E-state index in [1.165, 1.54) is 6.07 Å². The summed E-state index contributed by atoms with van der Waals surface area (Å²) >= 11 is 0. The van der Waals surface area contributed by atoms with E-state index in [9.17, 15) is 9.90 Å². The molecule has 0 aliphatic rings. The van der Waals surface area contributed by atoms with E-state index in [4.69, 9.17) is 5.73 Å². The quantitative estimate of drug-likeness (QED) is 0.570. The zero-order chi connectivity index (χ0) is 8.43. The van der Waals surface area contributed by atoms with Crippen LogP contribution in [0.5, 0.6) is 0 Å². The summed E-state index contributed by atoms with van der Waals surface area (Å²) in [5.41, 5.74) is 6.54. The lowest BCUT2D eigenvalue weighted by atomic mass is 10.1. The predicted octanol–water partition coefficient (Wildman–Crippen LogP) is -0.0593. The van der Waals surface area contributed by atoms with Gasteiger partial charge in [0.1, 0.15) is 0 Å². The number of carboxylic acid groups (broad SMARTS) is 1. The highest BCUT2D eigenvalue weighted by molar-refractivity contribution is 5.92. The van der Waals surface area contributed by atoms with Crippen LogP contribution in [0.2, 0.25) is 0 Å². The number of carbonyl (C=O) groups excluding carboxylic acids is 1. The first kappa shape index (κ1) is 7.60. The summed E-state index contributed by atoms with van der Waals surface area (Å²) in [5, 5.41) is 10.4. The lowest BCUT2D eigenvalue weighted by Crippen LogP contribution is -2.23. The number of aromatic carboxylic acids is 1. The van der Waals surface area contributed by atoms with Gasteiger partial charge in [0.15, 0.2) is 0 Å². The predicted molar refractivity (Wildman–Crippen MR) is 39.9 cm³/mol. The van der Waals surface area contributed by atoms with Gasteiger partial charge in [0.2, 0.25) is 0 Å². The highest BCUT2D eigenvalue weighted by Gasteiger charge is 1.98. The molecular formula is C8H8NO2-. The Morgan fingerprint density at radius 2 is 2.18 bits per heavy atom. The number of carbonyl (C=O) groups is 1. The highest BCUT2D eigenvalue weighted by atomic mass is 16.4. The van der Waals surface area contributed by atoms with Gasteiger partial charge in [0.25, 0.3) is 0 Å². The fourth-order valence-electron chi connectivity index (χ4n) is 0.847. The Morgan fingerprint density at radius 3 is 2.64 bits per heavy atom. The van der Waals surface area contributed by atoms with Crippen molar-refractivity contribution in [1.29, 1.82) is 0 Å². The molecule has 0 aliphatic carbocycles. The van der Waals surface area contributed by atoms with Crippen molar-refractivity contribution in [3.8, 4) is 0 Å². The van der Waals surface area contributed by atoms with Gasteiger partial charge in [0, 0.05) is 11.3 Å². The van der Waals surface area contributed by atoms with Crippen molar-refractivity contribution in [3.63, 3.8) is 0 Å². The van der Waals surface area contributed by atoms with E-state index >= 15 is 0 Å². The number of aryl methyl sites for hydroxylation is 1. The molecule has 0 bridgehead atoms. The minimum atomic E-state index is -1.23. The van der Waals surface area contributed by atoms with Crippen LogP contribution in [-0.2, 0) is 0 Å². The molecule has 0 radical (unpaired) electrons. The van der Waals surface area contributed by atoms with Crippen LogP contribution in [0.1, 0.15) is 15.9 Å². The largest absolute Gasteiger partial charge is 0.545 e. The molecule has 0 saturated heterocycles. The van der Waals surface area contributed by atoms with Gasteiger partial charge in [-0.1, -0.05) is 11.6 Å². The maximum absolute atomic E-state index is 10.4. The number of hydrogen-bond donors (Lipinski definition) is 1. The van der Waals surface area contributed by atoms with Crippen molar-refractivity contribution in [3.05, 3.63) is 29.3 Å². The molecule has 1 aromatic rings. The Morgan fingerprint density at radius 1 is 1.55 bits per heavy atom. The van der Waals surface area contributed by atoms with Crippen LogP contribution in [0.15, 0.2) is 18.2 Å². The average molecular weight is 150 g/mol. The second-order valence-electron chi connectivity index (χ2n) is 2.38. The number of hydrogen-bond acceptors (Lipinski definition) is 3. The molecule has 58 valence electrons. The first-order valence-electron chi connectivity index (χ1n) is 3.18. The van der Waals surface area contributed by atoms with Gasteiger partial charge in [-0.2, -0.15) is 0 Å². The third kappa shape index (κ3) is 1.49. The molecule has 0 heterocycles. The monoisotopic (exact) mass is 150 g/mol. The molecule has 3 heteroatoms. The second kappa shape index (κ2) is 2.62. The standard InChI is InChI=1S/C8H9NO2/c1-5-2-3-7(9)6(4-5)8(10)11/h2-4H,9H2,1H3,(H,10,11)/p-1. The number of nitrogens with two attached hydrogens (primary N) is 1. The van der Waals surface area contributed by atoms with Crippen molar-refractivity contribution in [1.82, 2.24) is 0 Å². The summed E-state index contributed by atoms with van der Waals surface area (Å²) in [7, 11) is 0. The van der Waals surface area contributed by atoms with Crippen molar-refractivity contribution < 1.29 is 9.90 Å². The molecule has 0 spiro atoms. The van der Waals surface area contributed by atoms with Gasteiger partial charge < -0.3 is 15.6 Å². The van der Waals surface area contributed by atoms with Gasteiger partial charge in [0.05, 0.1) is 5.97 Å². The van der Waals surface area contributed by atoms with Crippen molar-refractivity contribution >= 4 is 11.7 Å². The van der Waals surface area contributed by atoms with Gasteiger partial charge in [-0.05, 0) is 19.1 Å². The molecule has 1 rings (SSSR count). The van der Waals surface area contributed by atoms with E-state index in [-0.39, 0.29) is 11.3 Å².